The van der Waals surface area contributed by atoms with Crippen LogP contribution in [0.25, 0.3) is 0 Å². The van der Waals surface area contributed by atoms with Crippen molar-refractivity contribution in [2.45, 2.75) is 25.7 Å². The summed E-state index contributed by atoms with van der Waals surface area (Å²) in [6.45, 7) is -0.723. The molecular weight excluding hydrogens is 261 g/mol. The molecule has 0 saturated carbocycles. The summed E-state index contributed by atoms with van der Waals surface area (Å²) in [5.74, 6) is 0.479. The standard InChI is InChI=1S/C10H16NO6P/c1-2-3-4-5-6-9(12)11(7-10(13)14)8-18(15,16)17/h1H,3-8H2,(H,13,14)(H2,15,16,17). The van der Waals surface area contributed by atoms with E-state index in [0.29, 0.717) is 24.2 Å². The molecule has 0 heterocycles. The van der Waals surface area contributed by atoms with Crippen LogP contribution in [0.15, 0.2) is 0 Å². The van der Waals surface area contributed by atoms with Crippen molar-refractivity contribution >= 4 is 19.5 Å². The summed E-state index contributed by atoms with van der Waals surface area (Å²) in [5, 5.41) is 8.57. The molecule has 3 N–H and O–H groups in total. The van der Waals surface area contributed by atoms with Crippen LogP contribution < -0.4 is 0 Å². The van der Waals surface area contributed by atoms with Crippen molar-refractivity contribution in [3.63, 3.8) is 0 Å². The van der Waals surface area contributed by atoms with Gasteiger partial charge in [0.1, 0.15) is 12.8 Å². The summed E-state index contributed by atoms with van der Waals surface area (Å²) in [6.07, 6.45) is 5.74. The minimum absolute atomic E-state index is 0.0228. The highest BCUT2D eigenvalue weighted by Crippen LogP contribution is 2.35. The number of carboxylic acids is 1. The average Bonchev–Trinajstić information content (AvgIpc) is 2.20. The molecule has 0 aliphatic heterocycles. The van der Waals surface area contributed by atoms with Crippen molar-refractivity contribution in [2.24, 2.45) is 0 Å². The van der Waals surface area contributed by atoms with E-state index in [4.69, 9.17) is 21.3 Å². The number of terminal acetylenes is 1. The van der Waals surface area contributed by atoms with Crippen LogP contribution in [0, 0.1) is 12.3 Å². The smallest absolute Gasteiger partial charge is 0.344 e. The van der Waals surface area contributed by atoms with Crippen LogP contribution in [0.2, 0.25) is 0 Å². The van der Waals surface area contributed by atoms with E-state index < -0.39 is 32.3 Å². The minimum Gasteiger partial charge on any atom is -0.480 e. The maximum Gasteiger partial charge on any atom is 0.344 e. The first-order chi connectivity index (χ1) is 8.26. The van der Waals surface area contributed by atoms with Gasteiger partial charge in [0.2, 0.25) is 5.91 Å². The van der Waals surface area contributed by atoms with Gasteiger partial charge in [0.25, 0.3) is 0 Å². The van der Waals surface area contributed by atoms with Crippen LogP contribution in [0.5, 0.6) is 0 Å². The SMILES string of the molecule is C#CCCCCC(=O)N(CC(=O)O)CP(=O)(O)O. The molecule has 0 radical (unpaired) electrons. The Balaban J connectivity index is 4.37. The first-order valence-electron chi connectivity index (χ1n) is 5.24. The minimum atomic E-state index is -4.47. The largest absolute Gasteiger partial charge is 0.480 e. The number of carbonyl (C=O) groups excluding carboxylic acids is 1. The van der Waals surface area contributed by atoms with E-state index in [-0.39, 0.29) is 6.42 Å². The molecule has 0 aromatic carbocycles. The van der Waals surface area contributed by atoms with E-state index in [1.807, 2.05) is 0 Å². The summed E-state index contributed by atoms with van der Waals surface area (Å²) in [7, 11) is -4.47. The molecule has 0 aromatic heterocycles. The third-order valence-corrected chi connectivity index (χ3v) is 2.71. The molecule has 0 aromatic rings. The van der Waals surface area contributed by atoms with Gasteiger partial charge in [0.15, 0.2) is 0 Å². The van der Waals surface area contributed by atoms with E-state index >= 15 is 0 Å². The van der Waals surface area contributed by atoms with Crippen molar-refractivity contribution in [2.75, 3.05) is 12.8 Å². The summed E-state index contributed by atoms with van der Waals surface area (Å²) in [4.78, 5) is 40.3. The van der Waals surface area contributed by atoms with Crippen LogP contribution >= 0.6 is 7.60 Å². The average molecular weight is 277 g/mol. The Morgan fingerprint density at radius 1 is 1.28 bits per heavy atom. The maximum absolute atomic E-state index is 11.6. The number of carbonyl (C=O) groups is 2. The van der Waals surface area contributed by atoms with Crippen LogP contribution in [0.4, 0.5) is 0 Å². The topological polar surface area (TPSA) is 115 Å². The maximum atomic E-state index is 11.6. The second-order valence-electron chi connectivity index (χ2n) is 3.70. The monoisotopic (exact) mass is 277 g/mol. The highest BCUT2D eigenvalue weighted by Gasteiger charge is 2.24. The Morgan fingerprint density at radius 2 is 1.89 bits per heavy atom. The highest BCUT2D eigenvalue weighted by molar-refractivity contribution is 7.51. The number of carboxylic acid groups (broad SMARTS) is 1. The van der Waals surface area contributed by atoms with Crippen molar-refractivity contribution in [1.29, 1.82) is 0 Å². The Labute approximate surface area is 105 Å². The van der Waals surface area contributed by atoms with Gasteiger partial charge < -0.3 is 19.8 Å². The quantitative estimate of drug-likeness (QED) is 0.332. The lowest BCUT2D eigenvalue weighted by molar-refractivity contribution is -0.143. The van der Waals surface area contributed by atoms with Gasteiger partial charge in [-0.05, 0) is 12.8 Å². The number of aliphatic carboxylic acids is 1. The Bertz CT molecular complexity index is 382. The number of nitrogens with zero attached hydrogens (tertiary/aromatic N) is 1. The molecule has 0 aliphatic carbocycles. The predicted octanol–water partition coefficient (Wildman–Crippen LogP) is 0.228. The zero-order chi connectivity index (χ0) is 14.2. The molecule has 0 saturated heterocycles. The summed E-state index contributed by atoms with van der Waals surface area (Å²) in [6, 6.07) is 0. The number of hydrogen-bond donors (Lipinski definition) is 3. The van der Waals surface area contributed by atoms with Gasteiger partial charge in [-0.3, -0.25) is 14.2 Å². The van der Waals surface area contributed by atoms with Crippen molar-refractivity contribution in [3.8, 4) is 12.3 Å². The van der Waals surface area contributed by atoms with Gasteiger partial charge in [-0.2, -0.15) is 0 Å². The first-order valence-corrected chi connectivity index (χ1v) is 7.03. The van der Waals surface area contributed by atoms with E-state index in [0.717, 1.165) is 0 Å². The van der Waals surface area contributed by atoms with Gasteiger partial charge >= 0.3 is 13.6 Å². The number of rotatable bonds is 8. The lowest BCUT2D eigenvalue weighted by atomic mass is 10.2. The second kappa shape index (κ2) is 7.88. The van der Waals surface area contributed by atoms with Crippen molar-refractivity contribution in [3.05, 3.63) is 0 Å². The normalized spacial score (nSPS) is 10.7. The van der Waals surface area contributed by atoms with Gasteiger partial charge in [0, 0.05) is 12.8 Å². The second-order valence-corrected chi connectivity index (χ2v) is 5.31. The molecule has 0 bridgehead atoms. The van der Waals surface area contributed by atoms with Gasteiger partial charge in [-0.1, -0.05) is 0 Å². The fourth-order valence-corrected chi connectivity index (χ4v) is 1.97. The van der Waals surface area contributed by atoms with Crippen LogP contribution in [-0.4, -0.2) is 44.5 Å². The van der Waals surface area contributed by atoms with E-state index in [1.54, 1.807) is 0 Å². The van der Waals surface area contributed by atoms with Crippen LogP contribution in [-0.2, 0) is 14.2 Å². The molecule has 0 spiro atoms. The Kier molecular flexibility index (Phi) is 7.29. The highest BCUT2D eigenvalue weighted by atomic mass is 31.2. The molecule has 0 atom stereocenters. The van der Waals surface area contributed by atoms with Crippen LogP contribution in [0.3, 0.4) is 0 Å². The summed E-state index contributed by atoms with van der Waals surface area (Å²) >= 11 is 0. The molecular formula is C10H16NO6P. The van der Waals surface area contributed by atoms with E-state index in [9.17, 15) is 14.2 Å². The lowest BCUT2D eigenvalue weighted by Crippen LogP contribution is -2.36. The predicted molar refractivity (Wildman–Crippen MR) is 63.6 cm³/mol. The fourth-order valence-electron chi connectivity index (χ4n) is 1.26. The van der Waals surface area contributed by atoms with Crippen molar-refractivity contribution < 1.29 is 29.0 Å². The molecule has 0 unspecified atom stereocenters. The number of amides is 1. The van der Waals surface area contributed by atoms with Gasteiger partial charge in [-0.15, -0.1) is 12.3 Å². The molecule has 0 rings (SSSR count). The molecule has 0 fully saturated rings. The van der Waals surface area contributed by atoms with E-state index in [2.05, 4.69) is 5.92 Å². The molecule has 0 aliphatic rings. The lowest BCUT2D eigenvalue weighted by Gasteiger charge is -2.20. The van der Waals surface area contributed by atoms with Crippen molar-refractivity contribution in [1.82, 2.24) is 4.90 Å². The Morgan fingerprint density at radius 3 is 2.33 bits per heavy atom. The summed E-state index contributed by atoms with van der Waals surface area (Å²) in [5.41, 5.74) is 0. The summed E-state index contributed by atoms with van der Waals surface area (Å²) < 4.78 is 10.8. The zero-order valence-electron chi connectivity index (χ0n) is 9.78. The molecule has 102 valence electrons. The zero-order valence-corrected chi connectivity index (χ0v) is 10.7. The first kappa shape index (κ1) is 16.6. The van der Waals surface area contributed by atoms with E-state index in [1.165, 1.54) is 0 Å². The molecule has 8 heteroatoms. The number of unbranched alkanes of at least 4 members (excludes halogenated alkanes) is 2. The molecule has 1 amide bonds. The number of hydrogen-bond acceptors (Lipinski definition) is 3. The Hall–Kier alpha value is -1.35. The van der Waals surface area contributed by atoms with Crippen LogP contribution in [0.1, 0.15) is 25.7 Å². The van der Waals surface area contributed by atoms with Gasteiger partial charge in [-0.25, -0.2) is 0 Å². The molecule has 7 nitrogen and oxygen atoms in total. The fraction of sp³-hybridized carbons (Fsp3) is 0.600. The molecule has 18 heavy (non-hydrogen) atoms. The third kappa shape index (κ3) is 8.76. The van der Waals surface area contributed by atoms with Gasteiger partial charge in [0.05, 0.1) is 0 Å². The third-order valence-electron chi connectivity index (χ3n) is 2.00.